The van der Waals surface area contributed by atoms with Crippen LogP contribution in [-0.2, 0) is 15.6 Å². The SMILES string of the molecule is CC(C)S(=O)(=O)Cc1ccc(N)c(Br)c1. The molecule has 5 heteroatoms. The molecular weight excluding hydrogens is 278 g/mol. The number of nitrogen functional groups attached to an aromatic ring is 1. The van der Waals surface area contributed by atoms with E-state index in [1.807, 2.05) is 0 Å². The van der Waals surface area contributed by atoms with Crippen LogP contribution in [0.5, 0.6) is 0 Å². The van der Waals surface area contributed by atoms with Gasteiger partial charge >= 0.3 is 0 Å². The van der Waals surface area contributed by atoms with Crippen molar-refractivity contribution in [3.8, 4) is 0 Å². The Labute approximate surface area is 98.7 Å². The fourth-order valence-corrected chi connectivity index (χ4v) is 2.46. The van der Waals surface area contributed by atoms with Gasteiger partial charge in [0.1, 0.15) is 0 Å². The molecular formula is C10H14BrNO2S. The summed E-state index contributed by atoms with van der Waals surface area (Å²) in [5.41, 5.74) is 6.98. The average Bonchev–Trinajstić information content (AvgIpc) is 2.10. The molecule has 0 amide bonds. The van der Waals surface area contributed by atoms with Gasteiger partial charge in [-0.3, -0.25) is 0 Å². The molecule has 1 aromatic carbocycles. The molecule has 0 bridgehead atoms. The molecule has 0 radical (unpaired) electrons. The predicted molar refractivity (Wildman–Crippen MR) is 66.3 cm³/mol. The van der Waals surface area contributed by atoms with Crippen molar-refractivity contribution >= 4 is 31.5 Å². The molecule has 1 rings (SSSR count). The van der Waals surface area contributed by atoms with Crippen molar-refractivity contribution in [3.63, 3.8) is 0 Å². The Morgan fingerprint density at radius 2 is 2.00 bits per heavy atom. The van der Waals surface area contributed by atoms with Crippen molar-refractivity contribution in [2.45, 2.75) is 24.9 Å². The first-order valence-corrected chi connectivity index (χ1v) is 7.09. The molecule has 0 aliphatic rings. The van der Waals surface area contributed by atoms with Gasteiger partial charge in [0, 0.05) is 10.2 Å². The van der Waals surface area contributed by atoms with Gasteiger partial charge < -0.3 is 5.73 Å². The fraction of sp³-hybridized carbons (Fsp3) is 0.400. The smallest absolute Gasteiger partial charge is 0.156 e. The zero-order valence-corrected chi connectivity index (χ0v) is 11.1. The maximum absolute atomic E-state index is 11.6. The lowest BCUT2D eigenvalue weighted by Gasteiger charge is -2.08. The number of benzene rings is 1. The quantitative estimate of drug-likeness (QED) is 0.870. The number of hydrogen-bond donors (Lipinski definition) is 1. The highest BCUT2D eigenvalue weighted by Crippen LogP contribution is 2.22. The van der Waals surface area contributed by atoms with Crippen molar-refractivity contribution in [1.82, 2.24) is 0 Å². The normalized spacial score (nSPS) is 12.0. The lowest BCUT2D eigenvalue weighted by molar-refractivity contribution is 0.586. The molecule has 0 aliphatic carbocycles. The lowest BCUT2D eigenvalue weighted by Crippen LogP contribution is -2.16. The van der Waals surface area contributed by atoms with Crippen LogP contribution in [0.25, 0.3) is 0 Å². The second-order valence-corrected chi connectivity index (χ2v) is 7.12. The van der Waals surface area contributed by atoms with E-state index in [0.717, 1.165) is 10.0 Å². The Morgan fingerprint density at radius 3 is 2.47 bits per heavy atom. The van der Waals surface area contributed by atoms with E-state index < -0.39 is 9.84 Å². The van der Waals surface area contributed by atoms with Gasteiger partial charge in [-0.25, -0.2) is 8.42 Å². The predicted octanol–water partition coefficient (Wildman–Crippen LogP) is 2.35. The zero-order valence-electron chi connectivity index (χ0n) is 8.70. The van der Waals surface area contributed by atoms with E-state index in [4.69, 9.17) is 5.73 Å². The van der Waals surface area contributed by atoms with E-state index in [1.165, 1.54) is 0 Å². The van der Waals surface area contributed by atoms with E-state index in [1.54, 1.807) is 32.0 Å². The molecule has 0 saturated heterocycles. The number of anilines is 1. The minimum Gasteiger partial charge on any atom is -0.398 e. The summed E-state index contributed by atoms with van der Waals surface area (Å²) in [6, 6.07) is 5.19. The van der Waals surface area contributed by atoms with Crippen molar-refractivity contribution in [1.29, 1.82) is 0 Å². The largest absolute Gasteiger partial charge is 0.398 e. The molecule has 3 nitrogen and oxygen atoms in total. The molecule has 0 aromatic heterocycles. The molecule has 2 N–H and O–H groups in total. The molecule has 0 heterocycles. The third-order valence-electron chi connectivity index (χ3n) is 2.15. The highest BCUT2D eigenvalue weighted by atomic mass is 79.9. The number of nitrogens with two attached hydrogens (primary N) is 1. The van der Waals surface area contributed by atoms with Crippen LogP contribution in [0.15, 0.2) is 22.7 Å². The summed E-state index contributed by atoms with van der Waals surface area (Å²) in [5, 5.41) is -0.353. The van der Waals surface area contributed by atoms with Crippen LogP contribution < -0.4 is 5.73 Å². The summed E-state index contributed by atoms with van der Waals surface area (Å²) in [6.45, 7) is 3.36. The Kier molecular flexibility index (Phi) is 3.78. The third kappa shape index (κ3) is 3.21. The molecule has 0 saturated carbocycles. The van der Waals surface area contributed by atoms with Gasteiger partial charge in [0.15, 0.2) is 9.84 Å². The lowest BCUT2D eigenvalue weighted by atomic mass is 10.2. The molecule has 0 unspecified atom stereocenters. The van der Waals surface area contributed by atoms with E-state index in [-0.39, 0.29) is 11.0 Å². The Balaban J connectivity index is 2.96. The minimum absolute atomic E-state index is 0.0591. The van der Waals surface area contributed by atoms with Crippen LogP contribution in [0.3, 0.4) is 0 Å². The number of hydrogen-bond acceptors (Lipinski definition) is 3. The molecule has 15 heavy (non-hydrogen) atoms. The summed E-state index contributed by atoms with van der Waals surface area (Å²) >= 11 is 3.27. The van der Waals surface area contributed by atoms with Crippen molar-refractivity contribution in [2.24, 2.45) is 0 Å². The second-order valence-electron chi connectivity index (χ2n) is 3.71. The van der Waals surface area contributed by atoms with Crippen molar-refractivity contribution in [2.75, 3.05) is 5.73 Å². The monoisotopic (exact) mass is 291 g/mol. The van der Waals surface area contributed by atoms with E-state index in [9.17, 15) is 8.42 Å². The number of sulfone groups is 1. The summed E-state index contributed by atoms with van der Waals surface area (Å²) in [5.74, 6) is 0.0591. The van der Waals surface area contributed by atoms with Gasteiger partial charge in [0.05, 0.1) is 11.0 Å². The Bertz CT molecular complexity index is 454. The number of rotatable bonds is 3. The summed E-state index contributed by atoms with van der Waals surface area (Å²) in [7, 11) is -3.04. The standard InChI is InChI=1S/C10H14BrNO2S/c1-7(2)15(13,14)6-8-3-4-10(12)9(11)5-8/h3-5,7H,6,12H2,1-2H3. The van der Waals surface area contributed by atoms with Gasteiger partial charge in [-0.15, -0.1) is 0 Å². The maximum Gasteiger partial charge on any atom is 0.156 e. The molecule has 84 valence electrons. The van der Waals surface area contributed by atoms with Crippen LogP contribution in [-0.4, -0.2) is 13.7 Å². The van der Waals surface area contributed by atoms with Gasteiger partial charge in [0.25, 0.3) is 0 Å². The maximum atomic E-state index is 11.6. The minimum atomic E-state index is -3.04. The van der Waals surface area contributed by atoms with Crippen LogP contribution in [0.2, 0.25) is 0 Å². The second kappa shape index (κ2) is 4.53. The summed E-state index contributed by atoms with van der Waals surface area (Å²) < 4.78 is 24.0. The van der Waals surface area contributed by atoms with Crippen molar-refractivity contribution in [3.05, 3.63) is 28.2 Å². The first-order valence-electron chi connectivity index (χ1n) is 4.58. The van der Waals surface area contributed by atoms with E-state index in [2.05, 4.69) is 15.9 Å². The Hall–Kier alpha value is -0.550. The Morgan fingerprint density at radius 1 is 1.40 bits per heavy atom. The highest BCUT2D eigenvalue weighted by molar-refractivity contribution is 9.10. The van der Waals surface area contributed by atoms with E-state index in [0.29, 0.717) is 5.69 Å². The average molecular weight is 292 g/mol. The van der Waals surface area contributed by atoms with Crippen LogP contribution in [0.4, 0.5) is 5.69 Å². The van der Waals surface area contributed by atoms with E-state index >= 15 is 0 Å². The molecule has 0 aliphatic heterocycles. The van der Waals surface area contributed by atoms with Crippen LogP contribution in [0.1, 0.15) is 19.4 Å². The van der Waals surface area contributed by atoms with Gasteiger partial charge in [-0.1, -0.05) is 6.07 Å². The van der Waals surface area contributed by atoms with Gasteiger partial charge in [-0.05, 0) is 47.5 Å². The molecule has 0 spiro atoms. The molecule has 1 aromatic rings. The third-order valence-corrected chi connectivity index (χ3v) is 5.01. The van der Waals surface area contributed by atoms with Crippen LogP contribution >= 0.6 is 15.9 Å². The fourth-order valence-electron chi connectivity index (χ4n) is 1.06. The number of halogens is 1. The topological polar surface area (TPSA) is 60.2 Å². The zero-order chi connectivity index (χ0) is 11.6. The molecule has 0 fully saturated rings. The van der Waals surface area contributed by atoms with Gasteiger partial charge in [0.2, 0.25) is 0 Å². The first kappa shape index (κ1) is 12.5. The molecule has 0 atom stereocenters. The van der Waals surface area contributed by atoms with Gasteiger partial charge in [-0.2, -0.15) is 0 Å². The summed E-state index contributed by atoms with van der Waals surface area (Å²) in [4.78, 5) is 0. The first-order chi connectivity index (χ1) is 6.83. The highest BCUT2D eigenvalue weighted by Gasteiger charge is 2.16. The summed E-state index contributed by atoms with van der Waals surface area (Å²) in [6.07, 6.45) is 0. The van der Waals surface area contributed by atoms with Crippen molar-refractivity contribution < 1.29 is 8.42 Å². The van der Waals surface area contributed by atoms with Crippen LogP contribution in [0, 0.1) is 0 Å².